The number of hydrogen-bond donors (Lipinski definition) is 0. The van der Waals surface area contributed by atoms with Crippen molar-refractivity contribution in [3.63, 3.8) is 0 Å². The predicted octanol–water partition coefficient (Wildman–Crippen LogP) is 2.24. The minimum Gasteiger partial charge on any atom is -0.496 e. The maximum atomic E-state index is 11.8. The first-order chi connectivity index (χ1) is 10.2. The van der Waals surface area contributed by atoms with Gasteiger partial charge in [-0.05, 0) is 25.1 Å². The van der Waals surface area contributed by atoms with E-state index in [1.807, 2.05) is 0 Å². The minimum absolute atomic E-state index is 0.0537. The molecule has 2 rings (SSSR count). The number of aldehydes is 1. The smallest absolute Gasteiger partial charge is 0.356 e. The van der Waals surface area contributed by atoms with E-state index < -0.39 is 5.97 Å². The molecule has 0 bridgehead atoms. The molecule has 6 heteroatoms. The van der Waals surface area contributed by atoms with Crippen LogP contribution in [0.4, 0.5) is 0 Å². The highest BCUT2D eigenvalue weighted by molar-refractivity contribution is 6.05. The Bertz CT molecular complexity index is 696. The van der Waals surface area contributed by atoms with Crippen molar-refractivity contribution in [3.8, 4) is 11.5 Å². The van der Waals surface area contributed by atoms with Gasteiger partial charge in [0.15, 0.2) is 6.29 Å². The van der Waals surface area contributed by atoms with E-state index in [0.717, 1.165) is 0 Å². The quantitative estimate of drug-likeness (QED) is 0.620. The van der Waals surface area contributed by atoms with Crippen molar-refractivity contribution in [1.29, 1.82) is 0 Å². The van der Waals surface area contributed by atoms with Gasteiger partial charge in [0.25, 0.3) is 0 Å². The Labute approximate surface area is 121 Å². The van der Waals surface area contributed by atoms with Crippen LogP contribution in [0.5, 0.6) is 11.5 Å². The third-order valence-corrected chi connectivity index (χ3v) is 2.98. The average molecular weight is 289 g/mol. The van der Waals surface area contributed by atoms with E-state index in [4.69, 9.17) is 14.2 Å². The summed E-state index contributed by atoms with van der Waals surface area (Å²) in [4.78, 5) is 27.2. The number of hydrogen-bond acceptors (Lipinski definition) is 6. The van der Waals surface area contributed by atoms with Crippen LogP contribution < -0.4 is 9.47 Å². The van der Waals surface area contributed by atoms with Gasteiger partial charge in [0.05, 0.1) is 26.2 Å². The van der Waals surface area contributed by atoms with Crippen LogP contribution in [0, 0.1) is 0 Å². The average Bonchev–Trinajstić information content (AvgIpc) is 2.52. The van der Waals surface area contributed by atoms with Gasteiger partial charge >= 0.3 is 5.97 Å². The lowest BCUT2D eigenvalue weighted by atomic mass is 10.1. The van der Waals surface area contributed by atoms with E-state index in [0.29, 0.717) is 28.6 Å². The maximum absolute atomic E-state index is 11.8. The molecule has 0 aliphatic heterocycles. The fourth-order valence-electron chi connectivity index (χ4n) is 2.09. The van der Waals surface area contributed by atoms with E-state index >= 15 is 0 Å². The van der Waals surface area contributed by atoms with Gasteiger partial charge in [-0.25, -0.2) is 9.78 Å². The molecule has 1 aromatic heterocycles. The lowest BCUT2D eigenvalue weighted by Gasteiger charge is -2.12. The molecule has 0 spiro atoms. The summed E-state index contributed by atoms with van der Waals surface area (Å²) in [7, 11) is 3.00. The summed E-state index contributed by atoms with van der Waals surface area (Å²) in [5, 5.41) is 1.07. The fraction of sp³-hybridized carbons (Fsp3) is 0.267. The number of carbonyl (C=O) groups excluding carboxylic acids is 2. The molecule has 2 aromatic rings. The number of pyridine rings is 1. The summed E-state index contributed by atoms with van der Waals surface area (Å²) in [5.74, 6) is 0.407. The number of carbonyl (C=O) groups is 2. The SMILES string of the molecule is CCOC(=O)c1cc2c(OC)ccc(OC)c2c(C=O)n1. The standard InChI is InChI=1S/C15H15NO5/c1-4-21-15(18)10-7-9-12(19-2)5-6-13(20-3)14(9)11(8-17)16-10/h5-8H,4H2,1-3H3. The van der Waals surface area contributed by atoms with E-state index in [2.05, 4.69) is 4.98 Å². The number of methoxy groups -OCH3 is 2. The minimum atomic E-state index is -0.590. The Morgan fingerprint density at radius 2 is 1.90 bits per heavy atom. The zero-order chi connectivity index (χ0) is 15.4. The van der Waals surface area contributed by atoms with Crippen molar-refractivity contribution in [2.24, 2.45) is 0 Å². The predicted molar refractivity (Wildman–Crippen MR) is 76.2 cm³/mol. The fourth-order valence-corrected chi connectivity index (χ4v) is 2.09. The Morgan fingerprint density at radius 1 is 1.24 bits per heavy atom. The highest BCUT2D eigenvalue weighted by Gasteiger charge is 2.18. The van der Waals surface area contributed by atoms with Gasteiger partial charge in [-0.2, -0.15) is 0 Å². The first kappa shape index (κ1) is 14.8. The summed E-state index contributed by atoms with van der Waals surface area (Å²) >= 11 is 0. The van der Waals surface area contributed by atoms with E-state index in [1.165, 1.54) is 20.3 Å². The van der Waals surface area contributed by atoms with Crippen LogP contribution in [-0.4, -0.2) is 38.1 Å². The number of aromatic nitrogens is 1. The Balaban J connectivity index is 2.79. The number of ether oxygens (including phenoxy) is 3. The molecule has 1 aromatic carbocycles. The molecule has 0 aliphatic carbocycles. The zero-order valence-electron chi connectivity index (χ0n) is 12.0. The lowest BCUT2D eigenvalue weighted by molar-refractivity contribution is 0.0519. The van der Waals surface area contributed by atoms with Gasteiger partial charge in [0, 0.05) is 5.39 Å². The second-order valence-corrected chi connectivity index (χ2v) is 4.12. The molecule has 0 aliphatic rings. The normalized spacial score (nSPS) is 10.2. The summed E-state index contributed by atoms with van der Waals surface area (Å²) in [5.41, 5.74) is 0.157. The zero-order valence-corrected chi connectivity index (χ0v) is 12.0. The largest absolute Gasteiger partial charge is 0.496 e. The molecular formula is C15H15NO5. The summed E-state index contributed by atoms with van der Waals surface area (Å²) in [6.45, 7) is 1.92. The highest BCUT2D eigenvalue weighted by Crippen LogP contribution is 2.34. The molecule has 0 N–H and O–H groups in total. The Morgan fingerprint density at radius 3 is 2.48 bits per heavy atom. The molecule has 6 nitrogen and oxygen atoms in total. The van der Waals surface area contributed by atoms with Crippen LogP contribution in [-0.2, 0) is 4.74 Å². The molecule has 0 atom stereocenters. The van der Waals surface area contributed by atoms with Crippen molar-refractivity contribution >= 4 is 23.0 Å². The lowest BCUT2D eigenvalue weighted by Crippen LogP contribution is -2.09. The third kappa shape index (κ3) is 2.65. The number of fused-ring (bicyclic) bond motifs is 1. The van der Waals surface area contributed by atoms with Gasteiger partial charge in [-0.15, -0.1) is 0 Å². The van der Waals surface area contributed by atoms with Crippen molar-refractivity contribution in [2.75, 3.05) is 20.8 Å². The van der Waals surface area contributed by atoms with Crippen molar-refractivity contribution < 1.29 is 23.8 Å². The maximum Gasteiger partial charge on any atom is 0.356 e. The Kier molecular flexibility index (Phi) is 4.37. The molecule has 0 unspecified atom stereocenters. The van der Waals surface area contributed by atoms with E-state index in [9.17, 15) is 9.59 Å². The second-order valence-electron chi connectivity index (χ2n) is 4.12. The van der Waals surface area contributed by atoms with Crippen molar-refractivity contribution in [2.45, 2.75) is 6.92 Å². The molecule has 1 heterocycles. The molecule has 0 saturated heterocycles. The van der Waals surface area contributed by atoms with Crippen molar-refractivity contribution in [3.05, 3.63) is 29.6 Å². The van der Waals surface area contributed by atoms with E-state index in [-0.39, 0.29) is 18.0 Å². The molecule has 0 fully saturated rings. The number of benzene rings is 1. The molecule has 0 saturated carbocycles. The molecule has 0 radical (unpaired) electrons. The van der Waals surface area contributed by atoms with Gasteiger partial charge in [0.2, 0.25) is 0 Å². The monoisotopic (exact) mass is 289 g/mol. The van der Waals surface area contributed by atoms with Crippen LogP contribution >= 0.6 is 0 Å². The second kappa shape index (κ2) is 6.21. The Hall–Kier alpha value is -2.63. The molecule has 21 heavy (non-hydrogen) atoms. The summed E-state index contributed by atoms with van der Waals surface area (Å²) in [6.07, 6.45) is 0.576. The van der Waals surface area contributed by atoms with Crippen molar-refractivity contribution in [1.82, 2.24) is 4.98 Å². The van der Waals surface area contributed by atoms with Gasteiger partial charge < -0.3 is 14.2 Å². The van der Waals surface area contributed by atoms with Gasteiger partial charge in [-0.1, -0.05) is 0 Å². The van der Waals surface area contributed by atoms with Crippen LogP contribution in [0.15, 0.2) is 18.2 Å². The highest BCUT2D eigenvalue weighted by atomic mass is 16.5. The molecule has 110 valence electrons. The van der Waals surface area contributed by atoms with Crippen LogP contribution in [0.2, 0.25) is 0 Å². The summed E-state index contributed by atoms with van der Waals surface area (Å²) < 4.78 is 15.4. The number of esters is 1. The third-order valence-electron chi connectivity index (χ3n) is 2.98. The van der Waals surface area contributed by atoms with Gasteiger partial charge in [-0.3, -0.25) is 4.79 Å². The van der Waals surface area contributed by atoms with Gasteiger partial charge in [0.1, 0.15) is 22.9 Å². The molecule has 0 amide bonds. The van der Waals surface area contributed by atoms with E-state index in [1.54, 1.807) is 19.1 Å². The topological polar surface area (TPSA) is 74.7 Å². The van der Waals surface area contributed by atoms with Crippen LogP contribution in [0.3, 0.4) is 0 Å². The number of nitrogens with zero attached hydrogens (tertiary/aromatic N) is 1. The first-order valence-corrected chi connectivity index (χ1v) is 6.34. The molecular weight excluding hydrogens is 274 g/mol. The summed E-state index contributed by atoms with van der Waals surface area (Å²) in [6, 6.07) is 4.91. The number of rotatable bonds is 5. The first-order valence-electron chi connectivity index (χ1n) is 6.34. The van der Waals surface area contributed by atoms with Crippen LogP contribution in [0.1, 0.15) is 27.9 Å². The van der Waals surface area contributed by atoms with Crippen LogP contribution in [0.25, 0.3) is 10.8 Å².